The van der Waals surface area contributed by atoms with Crippen molar-refractivity contribution < 1.29 is 9.53 Å². The fraction of sp³-hybridized carbons (Fsp3) is 0.0909. The topological polar surface area (TPSA) is 67.0 Å². The third kappa shape index (κ3) is 3.87. The second-order valence-electron chi connectivity index (χ2n) is 6.16. The number of rotatable bonds is 6. The number of H-pyrrole nitrogens is 1. The van der Waals surface area contributed by atoms with E-state index in [2.05, 4.69) is 15.3 Å². The van der Waals surface area contributed by atoms with E-state index in [4.69, 9.17) is 4.74 Å². The van der Waals surface area contributed by atoms with Crippen LogP contribution in [0.1, 0.15) is 16.2 Å². The SMILES string of the molecule is COc1ccc2c(Sc3ccccc3)c(C(=O)NCc3ccccn3)[nH]c2c1. The van der Waals surface area contributed by atoms with E-state index in [1.54, 1.807) is 25.1 Å². The highest BCUT2D eigenvalue weighted by Gasteiger charge is 2.19. The molecule has 2 aromatic carbocycles. The first-order valence-electron chi connectivity index (χ1n) is 8.85. The highest BCUT2D eigenvalue weighted by Crippen LogP contribution is 2.37. The molecular formula is C22H19N3O2S. The van der Waals surface area contributed by atoms with Crippen LogP contribution in [-0.2, 0) is 6.54 Å². The number of aromatic nitrogens is 2. The molecule has 0 radical (unpaired) electrons. The molecule has 0 spiro atoms. The summed E-state index contributed by atoms with van der Waals surface area (Å²) in [6.45, 7) is 0.369. The first-order chi connectivity index (χ1) is 13.7. The molecule has 4 aromatic rings. The quantitative estimate of drug-likeness (QED) is 0.504. The lowest BCUT2D eigenvalue weighted by Crippen LogP contribution is -2.24. The Morgan fingerprint density at radius 2 is 1.93 bits per heavy atom. The number of hydrogen-bond donors (Lipinski definition) is 2. The molecule has 4 rings (SSSR count). The Labute approximate surface area is 167 Å². The average molecular weight is 389 g/mol. The summed E-state index contributed by atoms with van der Waals surface area (Å²) in [5.41, 5.74) is 2.21. The fourth-order valence-corrected chi connectivity index (χ4v) is 3.97. The first-order valence-corrected chi connectivity index (χ1v) is 9.67. The summed E-state index contributed by atoms with van der Waals surface area (Å²) in [4.78, 5) is 22.4. The number of fused-ring (bicyclic) bond motifs is 1. The molecular weight excluding hydrogens is 370 g/mol. The van der Waals surface area contributed by atoms with Crippen LogP contribution >= 0.6 is 11.8 Å². The van der Waals surface area contributed by atoms with Crippen molar-refractivity contribution in [3.8, 4) is 5.75 Å². The lowest BCUT2D eigenvalue weighted by atomic mass is 10.2. The van der Waals surface area contributed by atoms with Crippen LogP contribution in [0.3, 0.4) is 0 Å². The minimum Gasteiger partial charge on any atom is -0.497 e. The molecule has 1 amide bonds. The number of hydrogen-bond acceptors (Lipinski definition) is 4. The molecule has 140 valence electrons. The molecule has 5 nitrogen and oxygen atoms in total. The number of methoxy groups -OCH3 is 1. The summed E-state index contributed by atoms with van der Waals surface area (Å²) in [6, 6.07) is 21.4. The maximum atomic E-state index is 12.9. The van der Waals surface area contributed by atoms with E-state index in [0.29, 0.717) is 12.2 Å². The minimum atomic E-state index is -0.167. The Morgan fingerprint density at radius 1 is 1.11 bits per heavy atom. The Hall–Kier alpha value is -3.25. The number of ether oxygens (including phenoxy) is 1. The molecule has 0 aliphatic heterocycles. The van der Waals surface area contributed by atoms with Gasteiger partial charge in [-0.05, 0) is 36.4 Å². The van der Waals surface area contributed by atoms with Crippen LogP contribution in [0.25, 0.3) is 10.9 Å². The van der Waals surface area contributed by atoms with Crippen molar-refractivity contribution in [1.82, 2.24) is 15.3 Å². The van der Waals surface area contributed by atoms with E-state index in [1.165, 1.54) is 0 Å². The van der Waals surface area contributed by atoms with Gasteiger partial charge in [0.2, 0.25) is 0 Å². The number of aromatic amines is 1. The molecule has 0 atom stereocenters. The molecule has 28 heavy (non-hydrogen) atoms. The zero-order valence-corrected chi connectivity index (χ0v) is 16.1. The number of benzene rings is 2. The van der Waals surface area contributed by atoms with E-state index in [-0.39, 0.29) is 5.91 Å². The van der Waals surface area contributed by atoms with Crippen LogP contribution in [0.15, 0.2) is 82.7 Å². The van der Waals surface area contributed by atoms with Crippen molar-refractivity contribution in [1.29, 1.82) is 0 Å². The van der Waals surface area contributed by atoms with Crippen molar-refractivity contribution in [3.63, 3.8) is 0 Å². The van der Waals surface area contributed by atoms with Crippen LogP contribution in [0.5, 0.6) is 5.75 Å². The molecule has 0 unspecified atom stereocenters. The summed E-state index contributed by atoms with van der Waals surface area (Å²) >= 11 is 1.57. The molecule has 2 heterocycles. The van der Waals surface area contributed by atoms with Crippen LogP contribution in [0.2, 0.25) is 0 Å². The molecule has 0 fully saturated rings. The molecule has 0 bridgehead atoms. The normalized spacial score (nSPS) is 10.8. The summed E-state index contributed by atoms with van der Waals surface area (Å²) in [6.07, 6.45) is 1.72. The number of nitrogens with one attached hydrogen (secondary N) is 2. The predicted octanol–water partition coefficient (Wildman–Crippen LogP) is 4.65. The van der Waals surface area contributed by atoms with Crippen LogP contribution in [0, 0.1) is 0 Å². The van der Waals surface area contributed by atoms with E-state index in [1.807, 2.05) is 66.7 Å². The third-order valence-electron chi connectivity index (χ3n) is 4.30. The summed E-state index contributed by atoms with van der Waals surface area (Å²) in [5, 5.41) is 3.94. The van der Waals surface area contributed by atoms with Crippen LogP contribution in [0.4, 0.5) is 0 Å². The van der Waals surface area contributed by atoms with Gasteiger partial charge in [0, 0.05) is 22.5 Å². The van der Waals surface area contributed by atoms with Gasteiger partial charge in [-0.25, -0.2) is 0 Å². The van der Waals surface area contributed by atoms with Gasteiger partial charge in [0.1, 0.15) is 11.4 Å². The Balaban J connectivity index is 1.68. The van der Waals surface area contributed by atoms with Gasteiger partial charge in [-0.2, -0.15) is 0 Å². The van der Waals surface area contributed by atoms with Gasteiger partial charge in [0.05, 0.1) is 29.8 Å². The van der Waals surface area contributed by atoms with Gasteiger partial charge in [-0.1, -0.05) is 36.0 Å². The van der Waals surface area contributed by atoms with Crippen molar-refractivity contribution in [2.45, 2.75) is 16.3 Å². The van der Waals surface area contributed by atoms with Gasteiger partial charge in [0.15, 0.2) is 0 Å². The maximum absolute atomic E-state index is 12.9. The van der Waals surface area contributed by atoms with E-state index in [0.717, 1.165) is 32.1 Å². The number of nitrogens with zero attached hydrogens (tertiary/aromatic N) is 1. The molecule has 2 N–H and O–H groups in total. The second-order valence-corrected chi connectivity index (χ2v) is 7.24. The van der Waals surface area contributed by atoms with E-state index in [9.17, 15) is 4.79 Å². The van der Waals surface area contributed by atoms with Gasteiger partial charge < -0.3 is 15.0 Å². The number of carbonyl (C=O) groups excluding carboxylic acids is 1. The van der Waals surface area contributed by atoms with E-state index < -0.39 is 0 Å². The molecule has 0 saturated carbocycles. The smallest absolute Gasteiger partial charge is 0.269 e. The monoisotopic (exact) mass is 389 g/mol. The molecule has 0 saturated heterocycles. The summed E-state index contributed by atoms with van der Waals surface area (Å²) < 4.78 is 5.32. The first kappa shape index (κ1) is 18.1. The largest absolute Gasteiger partial charge is 0.497 e. The lowest BCUT2D eigenvalue weighted by molar-refractivity contribution is 0.0943. The van der Waals surface area contributed by atoms with Gasteiger partial charge in [0.25, 0.3) is 5.91 Å². The van der Waals surface area contributed by atoms with Crippen LogP contribution in [-0.4, -0.2) is 23.0 Å². The third-order valence-corrected chi connectivity index (χ3v) is 5.44. The predicted molar refractivity (Wildman–Crippen MR) is 111 cm³/mol. The zero-order valence-electron chi connectivity index (χ0n) is 15.3. The molecule has 0 aliphatic carbocycles. The highest BCUT2D eigenvalue weighted by atomic mass is 32.2. The number of carbonyl (C=O) groups is 1. The summed E-state index contributed by atoms with van der Waals surface area (Å²) in [5.74, 6) is 0.574. The molecule has 6 heteroatoms. The van der Waals surface area contributed by atoms with Crippen molar-refractivity contribution in [2.24, 2.45) is 0 Å². The fourth-order valence-electron chi connectivity index (χ4n) is 2.91. The Kier molecular flexibility index (Phi) is 5.30. The average Bonchev–Trinajstić information content (AvgIpc) is 3.11. The molecule has 2 aromatic heterocycles. The standard InChI is InChI=1S/C22H19N3O2S/c1-27-16-10-11-18-19(13-16)25-20(21(18)28-17-8-3-2-4-9-17)22(26)24-14-15-7-5-6-12-23-15/h2-13,25H,14H2,1H3,(H,24,26). The highest BCUT2D eigenvalue weighted by molar-refractivity contribution is 7.99. The lowest BCUT2D eigenvalue weighted by Gasteiger charge is -2.07. The van der Waals surface area contributed by atoms with Crippen molar-refractivity contribution >= 4 is 28.6 Å². The number of amides is 1. The molecule has 0 aliphatic rings. The minimum absolute atomic E-state index is 0.167. The second kappa shape index (κ2) is 8.19. The van der Waals surface area contributed by atoms with Gasteiger partial charge in [-0.3, -0.25) is 9.78 Å². The Morgan fingerprint density at radius 3 is 2.68 bits per heavy atom. The number of pyridine rings is 1. The van der Waals surface area contributed by atoms with E-state index >= 15 is 0 Å². The zero-order chi connectivity index (χ0) is 19.3. The summed E-state index contributed by atoms with van der Waals surface area (Å²) in [7, 11) is 1.63. The van der Waals surface area contributed by atoms with Gasteiger partial charge >= 0.3 is 0 Å². The van der Waals surface area contributed by atoms with Crippen molar-refractivity contribution in [2.75, 3.05) is 7.11 Å². The van der Waals surface area contributed by atoms with Gasteiger partial charge in [-0.15, -0.1) is 0 Å². The Bertz CT molecular complexity index is 1090. The maximum Gasteiger partial charge on any atom is 0.269 e. The van der Waals surface area contributed by atoms with Crippen molar-refractivity contribution in [3.05, 3.63) is 84.3 Å². The van der Waals surface area contributed by atoms with Crippen LogP contribution < -0.4 is 10.1 Å².